The lowest BCUT2D eigenvalue weighted by molar-refractivity contribution is 0.510. The lowest BCUT2D eigenvalue weighted by atomic mass is 10.2. The van der Waals surface area contributed by atoms with E-state index < -0.39 is 31.8 Å². The Hall–Kier alpha value is -2.25. The van der Waals surface area contributed by atoms with E-state index in [1.807, 2.05) is 0 Å². The third kappa shape index (κ3) is 2.59. The van der Waals surface area contributed by atoms with Crippen LogP contribution in [0.25, 0.3) is 10.9 Å². The van der Waals surface area contributed by atoms with Gasteiger partial charge in [0.1, 0.15) is 4.90 Å². The second-order valence-electron chi connectivity index (χ2n) is 5.18. The van der Waals surface area contributed by atoms with Gasteiger partial charge in [0.15, 0.2) is 11.6 Å². The summed E-state index contributed by atoms with van der Waals surface area (Å²) in [5.74, 6) is -2.35. The van der Waals surface area contributed by atoms with Crippen molar-refractivity contribution in [2.24, 2.45) is 7.05 Å². The molecule has 0 aliphatic heterocycles. The van der Waals surface area contributed by atoms with E-state index in [2.05, 4.69) is 0 Å². The maximum Gasteiger partial charge on any atom is 0.211 e. The zero-order valence-electron chi connectivity index (χ0n) is 12.3. The smallest absolute Gasteiger partial charge is 0.211 e. The number of aromatic nitrogens is 1. The maximum atomic E-state index is 13.5. The van der Waals surface area contributed by atoms with Crippen molar-refractivity contribution in [2.75, 3.05) is 0 Å². The van der Waals surface area contributed by atoms with Gasteiger partial charge in [-0.15, -0.1) is 0 Å². The summed E-state index contributed by atoms with van der Waals surface area (Å²) in [6, 6.07) is 7.00. The quantitative estimate of drug-likeness (QED) is 0.696. The van der Waals surface area contributed by atoms with Crippen LogP contribution in [0.2, 0.25) is 5.02 Å². The molecule has 3 aromatic rings. The summed E-state index contributed by atoms with van der Waals surface area (Å²) in [5, 5.41) is -0.0266. The first-order valence-electron chi connectivity index (χ1n) is 6.71. The Bertz CT molecular complexity index is 1140. The van der Waals surface area contributed by atoms with Crippen molar-refractivity contribution in [2.45, 2.75) is 9.79 Å². The summed E-state index contributed by atoms with van der Waals surface area (Å²) in [6.45, 7) is 0. The molecular weight excluding hydrogens is 360 g/mol. The first kappa shape index (κ1) is 16.6. The third-order valence-corrected chi connectivity index (χ3v) is 5.57. The average Bonchev–Trinajstić information content (AvgIpc) is 2.52. The van der Waals surface area contributed by atoms with E-state index in [9.17, 15) is 22.0 Å². The van der Waals surface area contributed by atoms with Gasteiger partial charge in [-0.1, -0.05) is 17.7 Å². The van der Waals surface area contributed by atoms with Crippen molar-refractivity contribution in [3.05, 3.63) is 69.5 Å². The highest BCUT2D eigenvalue weighted by atomic mass is 35.5. The fourth-order valence-electron chi connectivity index (χ4n) is 2.40. The predicted octanol–water partition coefficient (Wildman–Crippen LogP) is 3.30. The highest BCUT2D eigenvalue weighted by Gasteiger charge is 2.24. The van der Waals surface area contributed by atoms with Crippen LogP contribution in [0, 0.1) is 11.6 Å². The zero-order valence-corrected chi connectivity index (χ0v) is 13.8. The van der Waals surface area contributed by atoms with Crippen LogP contribution in [-0.4, -0.2) is 13.0 Å². The number of rotatable bonds is 2. The molecule has 1 heterocycles. The molecule has 0 aliphatic carbocycles. The van der Waals surface area contributed by atoms with Crippen molar-refractivity contribution >= 4 is 32.3 Å². The number of nitrogens with zero attached hydrogens (tertiary/aromatic N) is 1. The molecule has 0 amide bonds. The van der Waals surface area contributed by atoms with Gasteiger partial charge < -0.3 is 4.57 Å². The zero-order chi connectivity index (χ0) is 17.6. The Morgan fingerprint density at radius 2 is 1.75 bits per heavy atom. The fraction of sp³-hybridized carbons (Fsp3) is 0.0625. The molecule has 0 spiro atoms. The van der Waals surface area contributed by atoms with Gasteiger partial charge in [-0.05, 0) is 24.3 Å². The molecule has 0 fully saturated rings. The summed E-state index contributed by atoms with van der Waals surface area (Å²) in [5.41, 5.74) is -0.814. The van der Waals surface area contributed by atoms with Gasteiger partial charge in [0.25, 0.3) is 0 Å². The molecule has 1 aromatic heterocycles. The van der Waals surface area contributed by atoms with E-state index in [-0.39, 0.29) is 20.8 Å². The molecule has 124 valence electrons. The monoisotopic (exact) mass is 369 g/mol. The number of benzene rings is 2. The van der Waals surface area contributed by atoms with Crippen molar-refractivity contribution < 1.29 is 17.2 Å². The van der Waals surface area contributed by atoms with Gasteiger partial charge in [0, 0.05) is 24.3 Å². The normalized spacial score (nSPS) is 11.8. The molecule has 0 atom stereocenters. The van der Waals surface area contributed by atoms with Crippen LogP contribution in [0.3, 0.4) is 0 Å². The second-order valence-corrected chi connectivity index (χ2v) is 7.53. The lowest BCUT2D eigenvalue weighted by Gasteiger charge is -2.10. The summed E-state index contributed by atoms with van der Waals surface area (Å²) >= 11 is 5.80. The standard InChI is InChI=1S/C16H10ClF2NO3S/c1-20-8-15(24(22,23)10-4-2-3-9(17)5-10)16(21)11-6-12(18)13(19)7-14(11)20/h2-8H,1H3. The van der Waals surface area contributed by atoms with Gasteiger partial charge in [-0.25, -0.2) is 17.2 Å². The SMILES string of the molecule is Cn1cc(S(=O)(=O)c2cccc(Cl)c2)c(=O)c2cc(F)c(F)cc21. The summed E-state index contributed by atoms with van der Waals surface area (Å²) in [6.07, 6.45) is 1.08. The highest BCUT2D eigenvalue weighted by Crippen LogP contribution is 2.24. The Balaban J connectivity index is 2.37. The Morgan fingerprint density at radius 3 is 2.42 bits per heavy atom. The topological polar surface area (TPSA) is 56.1 Å². The minimum Gasteiger partial charge on any atom is -0.349 e. The molecule has 8 heteroatoms. The Morgan fingerprint density at radius 1 is 1.08 bits per heavy atom. The molecule has 0 aliphatic rings. The number of aryl methyl sites for hydroxylation is 1. The number of sulfone groups is 1. The number of fused-ring (bicyclic) bond motifs is 1. The Kier molecular flexibility index (Phi) is 3.93. The predicted molar refractivity (Wildman–Crippen MR) is 86.0 cm³/mol. The van der Waals surface area contributed by atoms with Crippen molar-refractivity contribution in [3.8, 4) is 0 Å². The molecule has 2 aromatic carbocycles. The average molecular weight is 370 g/mol. The molecule has 24 heavy (non-hydrogen) atoms. The van der Waals surface area contributed by atoms with Crippen LogP contribution in [0.15, 0.2) is 57.2 Å². The molecule has 0 N–H and O–H groups in total. The van der Waals surface area contributed by atoms with E-state index in [0.29, 0.717) is 6.07 Å². The number of hydrogen-bond acceptors (Lipinski definition) is 3. The first-order valence-corrected chi connectivity index (χ1v) is 8.57. The molecule has 3 rings (SSSR count). The molecule has 0 saturated carbocycles. The second kappa shape index (κ2) is 5.68. The van der Waals surface area contributed by atoms with Gasteiger partial charge in [0.2, 0.25) is 15.3 Å². The minimum absolute atomic E-state index is 0.0870. The minimum atomic E-state index is -4.16. The maximum absolute atomic E-state index is 13.5. The molecular formula is C16H10ClF2NO3S. The Labute approximate surface area is 140 Å². The van der Waals surface area contributed by atoms with Gasteiger partial charge >= 0.3 is 0 Å². The van der Waals surface area contributed by atoms with E-state index in [4.69, 9.17) is 11.6 Å². The van der Waals surface area contributed by atoms with Crippen LogP contribution in [0.5, 0.6) is 0 Å². The fourth-order valence-corrected chi connectivity index (χ4v) is 4.10. The van der Waals surface area contributed by atoms with Crippen LogP contribution >= 0.6 is 11.6 Å². The summed E-state index contributed by atoms with van der Waals surface area (Å²) in [4.78, 5) is 11.8. The van der Waals surface area contributed by atoms with E-state index >= 15 is 0 Å². The largest absolute Gasteiger partial charge is 0.349 e. The van der Waals surface area contributed by atoms with Crippen LogP contribution in [0.4, 0.5) is 8.78 Å². The number of halogens is 3. The molecule has 0 unspecified atom stereocenters. The van der Waals surface area contributed by atoms with Crippen LogP contribution in [-0.2, 0) is 16.9 Å². The van der Waals surface area contributed by atoms with E-state index in [1.165, 1.54) is 35.9 Å². The lowest BCUT2D eigenvalue weighted by Crippen LogP contribution is -2.18. The van der Waals surface area contributed by atoms with Crippen molar-refractivity contribution in [1.29, 1.82) is 0 Å². The highest BCUT2D eigenvalue weighted by molar-refractivity contribution is 7.91. The molecule has 4 nitrogen and oxygen atoms in total. The first-order chi connectivity index (χ1) is 11.2. The van der Waals surface area contributed by atoms with Gasteiger partial charge in [-0.2, -0.15) is 0 Å². The van der Waals surface area contributed by atoms with E-state index in [1.54, 1.807) is 0 Å². The van der Waals surface area contributed by atoms with Crippen LogP contribution < -0.4 is 5.43 Å². The van der Waals surface area contributed by atoms with Crippen molar-refractivity contribution in [1.82, 2.24) is 4.57 Å². The van der Waals surface area contributed by atoms with Gasteiger partial charge in [-0.3, -0.25) is 4.79 Å². The number of hydrogen-bond donors (Lipinski definition) is 0. The molecule has 0 saturated heterocycles. The third-order valence-electron chi connectivity index (χ3n) is 3.59. The van der Waals surface area contributed by atoms with Crippen molar-refractivity contribution in [3.63, 3.8) is 0 Å². The van der Waals surface area contributed by atoms with Gasteiger partial charge in [0.05, 0.1) is 15.8 Å². The summed E-state index contributed by atoms with van der Waals surface area (Å²) < 4.78 is 53.5. The van der Waals surface area contributed by atoms with Crippen LogP contribution in [0.1, 0.15) is 0 Å². The molecule has 0 radical (unpaired) electrons. The summed E-state index contributed by atoms with van der Waals surface area (Å²) in [7, 11) is -2.72. The number of pyridine rings is 1. The molecule has 0 bridgehead atoms. The van der Waals surface area contributed by atoms with E-state index in [0.717, 1.165) is 12.3 Å².